The summed E-state index contributed by atoms with van der Waals surface area (Å²) < 4.78 is 25.2. The Kier molecular flexibility index (Phi) is 8.30. The van der Waals surface area contributed by atoms with Crippen molar-refractivity contribution in [3.63, 3.8) is 0 Å². The topological polar surface area (TPSA) is 135 Å². The minimum atomic E-state index is -1.27. The number of ether oxygens (including phenoxy) is 4. The van der Waals surface area contributed by atoms with Crippen molar-refractivity contribution in [1.29, 1.82) is 0 Å². The van der Waals surface area contributed by atoms with Crippen molar-refractivity contribution in [2.45, 2.75) is 149 Å². The molecule has 48 heavy (non-hydrogen) atoms. The molecule has 2 saturated heterocycles. The van der Waals surface area contributed by atoms with Crippen LogP contribution in [-0.2, 0) is 28.5 Å². The van der Waals surface area contributed by atoms with E-state index < -0.39 is 42.1 Å². The summed E-state index contributed by atoms with van der Waals surface area (Å²) in [5.74, 6) is 0.0872. The smallest absolute Gasteiger partial charge is 0.317 e. The molecule has 2 heterocycles. The maximum Gasteiger partial charge on any atom is 0.317 e. The van der Waals surface area contributed by atoms with E-state index in [0.717, 1.165) is 32.1 Å². The molecule has 7 fully saturated rings. The SMILES string of the molecule is CC(=O)O[C@@H](C1C[C@@H](C)C2C(O1)[C@H](O)[C@@]1(C)[C@@H]3CC[C@H]4C(C)(C)[C@@H](O[C@H]5CN(CC(=O)O)CCO5)CC[C@@]45C[C@@]35CC[C@]21C)C(C)(C)O. The second-order valence-electron chi connectivity index (χ2n) is 18.8. The minimum absolute atomic E-state index is 0.00878. The lowest BCUT2D eigenvalue weighted by Gasteiger charge is -2.64. The van der Waals surface area contributed by atoms with Crippen molar-refractivity contribution in [2.24, 2.45) is 50.7 Å². The number of hydrogen-bond acceptors (Lipinski definition) is 9. The van der Waals surface area contributed by atoms with E-state index in [1.54, 1.807) is 13.8 Å². The Bertz CT molecular complexity index is 1300. The van der Waals surface area contributed by atoms with Crippen LogP contribution >= 0.6 is 0 Å². The van der Waals surface area contributed by atoms with Gasteiger partial charge >= 0.3 is 11.9 Å². The Morgan fingerprint density at radius 3 is 2.40 bits per heavy atom. The molecule has 0 aromatic carbocycles. The van der Waals surface area contributed by atoms with Crippen LogP contribution in [0.4, 0.5) is 0 Å². The highest BCUT2D eigenvalue weighted by atomic mass is 16.7. The van der Waals surface area contributed by atoms with Gasteiger partial charge < -0.3 is 34.3 Å². The van der Waals surface area contributed by atoms with E-state index in [2.05, 4.69) is 34.6 Å². The summed E-state index contributed by atoms with van der Waals surface area (Å²) in [5.41, 5.74) is -1.28. The number of carbonyl (C=O) groups excluding carboxylic acids is 1. The van der Waals surface area contributed by atoms with Crippen LogP contribution in [0.15, 0.2) is 0 Å². The number of esters is 1. The molecule has 0 radical (unpaired) electrons. The van der Waals surface area contributed by atoms with Crippen molar-refractivity contribution < 1.29 is 43.9 Å². The second kappa shape index (κ2) is 11.3. The van der Waals surface area contributed by atoms with E-state index >= 15 is 0 Å². The quantitative estimate of drug-likeness (QED) is 0.328. The predicted octanol–water partition coefficient (Wildman–Crippen LogP) is 4.63. The van der Waals surface area contributed by atoms with Crippen LogP contribution in [0.5, 0.6) is 0 Å². The van der Waals surface area contributed by atoms with E-state index in [9.17, 15) is 24.9 Å². The summed E-state index contributed by atoms with van der Waals surface area (Å²) in [6, 6.07) is 0. The third-order valence-electron chi connectivity index (χ3n) is 15.9. The van der Waals surface area contributed by atoms with E-state index in [-0.39, 0.29) is 57.7 Å². The molecular formula is C38H61NO9. The van der Waals surface area contributed by atoms with E-state index in [4.69, 9.17) is 18.9 Å². The first-order valence-electron chi connectivity index (χ1n) is 18.8. The molecule has 14 atom stereocenters. The molecule has 0 bridgehead atoms. The van der Waals surface area contributed by atoms with Gasteiger partial charge in [-0.2, -0.15) is 0 Å². The lowest BCUT2D eigenvalue weighted by Crippen LogP contribution is -2.60. The van der Waals surface area contributed by atoms with Crippen molar-refractivity contribution in [3.05, 3.63) is 0 Å². The molecular weight excluding hydrogens is 614 g/mol. The molecule has 0 aromatic rings. The van der Waals surface area contributed by atoms with Crippen molar-refractivity contribution >= 4 is 11.9 Å². The molecule has 0 aromatic heterocycles. The first-order valence-corrected chi connectivity index (χ1v) is 18.8. The molecule has 3 unspecified atom stereocenters. The zero-order valence-corrected chi connectivity index (χ0v) is 30.5. The number of carboxylic acids is 1. The summed E-state index contributed by atoms with van der Waals surface area (Å²) in [5, 5.41) is 32.9. The monoisotopic (exact) mass is 675 g/mol. The summed E-state index contributed by atoms with van der Waals surface area (Å²) in [7, 11) is 0. The highest BCUT2D eigenvalue weighted by Crippen LogP contribution is 2.89. The average Bonchev–Trinajstić information content (AvgIpc) is 3.61. The highest BCUT2D eigenvalue weighted by molar-refractivity contribution is 5.69. The Labute approximate surface area is 286 Å². The summed E-state index contributed by atoms with van der Waals surface area (Å²) in [4.78, 5) is 25.3. The molecule has 5 aliphatic carbocycles. The van der Waals surface area contributed by atoms with Crippen molar-refractivity contribution in [3.8, 4) is 0 Å². The Hall–Kier alpha value is -1.30. The number of rotatable bonds is 7. The van der Waals surface area contributed by atoms with Crippen LogP contribution in [0.25, 0.3) is 0 Å². The number of hydrogen-bond donors (Lipinski definition) is 3. The van der Waals surface area contributed by atoms with Gasteiger partial charge in [0.05, 0.1) is 49.7 Å². The minimum Gasteiger partial charge on any atom is -0.480 e. The highest BCUT2D eigenvalue weighted by Gasteiger charge is 2.84. The summed E-state index contributed by atoms with van der Waals surface area (Å²) in [6.07, 6.45) is 5.77. The van der Waals surface area contributed by atoms with Gasteiger partial charge in [0, 0.05) is 18.9 Å². The molecule has 272 valence electrons. The fourth-order valence-corrected chi connectivity index (χ4v) is 13.9. The fraction of sp³-hybridized carbons (Fsp3) is 0.947. The summed E-state index contributed by atoms with van der Waals surface area (Å²) >= 11 is 0. The van der Waals surface area contributed by atoms with Gasteiger partial charge in [0.2, 0.25) is 0 Å². The molecule has 3 N–H and O–H groups in total. The van der Waals surface area contributed by atoms with Crippen LogP contribution < -0.4 is 0 Å². The molecule has 2 spiro atoms. The molecule has 7 aliphatic rings. The summed E-state index contributed by atoms with van der Waals surface area (Å²) in [6.45, 7) is 18.1. The maximum absolute atomic E-state index is 12.5. The van der Waals surface area contributed by atoms with Gasteiger partial charge in [-0.25, -0.2) is 0 Å². The van der Waals surface area contributed by atoms with E-state index in [1.165, 1.54) is 19.8 Å². The van der Waals surface area contributed by atoms with Gasteiger partial charge in [0.1, 0.15) is 0 Å². The van der Waals surface area contributed by atoms with Gasteiger partial charge in [0.15, 0.2) is 12.4 Å². The number of aliphatic hydroxyl groups is 2. The lowest BCUT2D eigenvalue weighted by atomic mass is 9.41. The number of aliphatic hydroxyl groups excluding tert-OH is 1. The largest absolute Gasteiger partial charge is 0.480 e. The van der Waals surface area contributed by atoms with Crippen LogP contribution in [0.1, 0.15) is 107 Å². The third-order valence-corrected chi connectivity index (χ3v) is 15.9. The molecule has 10 heteroatoms. The number of carboxylic acid groups (broad SMARTS) is 1. The normalized spacial score (nSPS) is 50.2. The van der Waals surface area contributed by atoms with Gasteiger partial charge in [-0.15, -0.1) is 0 Å². The maximum atomic E-state index is 12.5. The van der Waals surface area contributed by atoms with Gasteiger partial charge in [-0.05, 0) is 111 Å². The Morgan fingerprint density at radius 1 is 1.04 bits per heavy atom. The second-order valence-corrected chi connectivity index (χ2v) is 18.8. The van der Waals surface area contributed by atoms with Crippen LogP contribution in [0, 0.1) is 50.7 Å². The molecule has 0 amide bonds. The Balaban J connectivity index is 1.12. The number of nitrogens with zero attached hydrogens (tertiary/aromatic N) is 1. The van der Waals surface area contributed by atoms with Gasteiger partial charge in [-0.3, -0.25) is 14.5 Å². The molecule has 10 nitrogen and oxygen atoms in total. The molecule has 5 saturated carbocycles. The fourth-order valence-electron chi connectivity index (χ4n) is 13.9. The van der Waals surface area contributed by atoms with Crippen LogP contribution in [0.2, 0.25) is 0 Å². The van der Waals surface area contributed by atoms with Crippen molar-refractivity contribution in [1.82, 2.24) is 4.90 Å². The standard InChI is InChI=1S/C38H61NO9/c1-21-17-23(32(34(5,6)44)46-22(2)40)47-30-29(21)35(7)13-14-38-20-37(38)12-11-26(48-28-19-39(15-16-45-28)18-27(41)42)33(3,4)24(37)9-10-25(38)36(35,8)31(30)43/h21,23-26,28-32,43-44H,9-20H2,1-8H3,(H,41,42)/t21-,23?,24+,25+,26+,28+,29?,30?,31+,32+,35-,36-,37-,38+/m1/s1. The van der Waals surface area contributed by atoms with Gasteiger partial charge in [-0.1, -0.05) is 34.6 Å². The predicted molar refractivity (Wildman–Crippen MR) is 177 cm³/mol. The molecule has 7 rings (SSSR count). The van der Waals surface area contributed by atoms with E-state index in [0.29, 0.717) is 38.0 Å². The molecule has 2 aliphatic heterocycles. The van der Waals surface area contributed by atoms with Crippen LogP contribution in [-0.4, -0.2) is 101 Å². The van der Waals surface area contributed by atoms with Crippen LogP contribution in [0.3, 0.4) is 0 Å². The number of carbonyl (C=O) groups is 2. The zero-order valence-electron chi connectivity index (χ0n) is 30.5. The third kappa shape index (κ3) is 4.85. The average molecular weight is 676 g/mol. The van der Waals surface area contributed by atoms with E-state index in [1.807, 2.05) is 4.90 Å². The Morgan fingerprint density at radius 2 is 1.73 bits per heavy atom. The first kappa shape index (κ1) is 35.1. The number of fused-ring (bicyclic) bond motifs is 4. The van der Waals surface area contributed by atoms with Crippen molar-refractivity contribution in [2.75, 3.05) is 26.2 Å². The van der Waals surface area contributed by atoms with Gasteiger partial charge in [0.25, 0.3) is 0 Å². The number of morpholine rings is 1. The lowest BCUT2D eigenvalue weighted by molar-refractivity contribution is -0.248. The zero-order chi connectivity index (χ0) is 34.8. The first-order chi connectivity index (χ1) is 22.3. The number of aliphatic carboxylic acids is 1.